The molecule has 1 atom stereocenters. The van der Waals surface area contributed by atoms with Gasteiger partial charge in [-0.2, -0.15) is 0 Å². The molecule has 1 N–H and O–H groups in total. The number of carbonyl (C=O) groups is 1. The minimum Gasteiger partial charge on any atom is -0.481 e. The molecule has 0 bridgehead atoms. The van der Waals surface area contributed by atoms with Crippen molar-refractivity contribution in [2.75, 3.05) is 32.2 Å². The molecule has 0 radical (unpaired) electrons. The van der Waals surface area contributed by atoms with Gasteiger partial charge in [0.15, 0.2) is 9.84 Å². The van der Waals surface area contributed by atoms with E-state index in [1.54, 1.807) is 31.3 Å². The van der Waals surface area contributed by atoms with Crippen LogP contribution in [0, 0.1) is 0 Å². The lowest BCUT2D eigenvalue weighted by Crippen LogP contribution is -2.41. The number of nitrogens with zero attached hydrogens (tertiary/aromatic N) is 2. The number of hydrogen-bond acceptors (Lipinski definition) is 6. The summed E-state index contributed by atoms with van der Waals surface area (Å²) < 4.78 is 27.9. The maximum absolute atomic E-state index is 11.9. The molecule has 122 valence electrons. The quantitative estimate of drug-likeness (QED) is 0.780. The molecular formula is C14H21N3O4S. The second kappa shape index (κ2) is 7.06. The van der Waals surface area contributed by atoms with Crippen molar-refractivity contribution in [2.45, 2.75) is 19.0 Å². The molecule has 0 aliphatic carbocycles. The summed E-state index contributed by atoms with van der Waals surface area (Å²) in [6, 6.07) is 3.49. The molecule has 0 aromatic carbocycles. The number of amides is 1. The van der Waals surface area contributed by atoms with Crippen molar-refractivity contribution < 1.29 is 17.9 Å². The lowest BCUT2D eigenvalue weighted by molar-refractivity contribution is -0.122. The van der Waals surface area contributed by atoms with Gasteiger partial charge in [-0.25, -0.2) is 13.4 Å². The van der Waals surface area contributed by atoms with Crippen LogP contribution >= 0.6 is 0 Å². The summed E-state index contributed by atoms with van der Waals surface area (Å²) in [7, 11) is 0.391. The first-order chi connectivity index (χ1) is 10.4. The van der Waals surface area contributed by atoms with Crippen LogP contribution in [0.5, 0.6) is 5.88 Å². The van der Waals surface area contributed by atoms with Gasteiger partial charge in [0.1, 0.15) is 0 Å². The molecule has 2 rings (SSSR count). The van der Waals surface area contributed by atoms with Gasteiger partial charge in [-0.05, 0) is 19.0 Å². The van der Waals surface area contributed by atoms with E-state index in [0.717, 1.165) is 5.56 Å². The van der Waals surface area contributed by atoms with E-state index in [4.69, 9.17) is 4.74 Å². The largest absolute Gasteiger partial charge is 0.481 e. The van der Waals surface area contributed by atoms with Crippen LogP contribution in [-0.2, 0) is 21.2 Å². The molecule has 1 aliphatic rings. The summed E-state index contributed by atoms with van der Waals surface area (Å²) in [6.45, 7) is 0.566. The van der Waals surface area contributed by atoms with Gasteiger partial charge in [0, 0.05) is 24.8 Å². The zero-order valence-corrected chi connectivity index (χ0v) is 13.6. The standard InChI is InChI=1S/C14H21N3O4S/c1-17(12-5-6-22(19,20)10-12)9-13(18)15-7-11-3-4-14(21-2)16-8-11/h3-4,8,12H,5-7,9-10H2,1-2H3,(H,15,18)/t12-/m1/s1. The molecule has 0 spiro atoms. The Morgan fingerprint density at radius 3 is 2.82 bits per heavy atom. The summed E-state index contributed by atoms with van der Waals surface area (Å²) in [5.74, 6) is 0.736. The van der Waals surface area contributed by atoms with Gasteiger partial charge in [0.25, 0.3) is 0 Å². The van der Waals surface area contributed by atoms with E-state index in [1.807, 2.05) is 6.07 Å². The molecule has 8 heteroatoms. The average molecular weight is 327 g/mol. The third kappa shape index (κ3) is 4.67. The first kappa shape index (κ1) is 16.7. The number of rotatable bonds is 6. The summed E-state index contributed by atoms with van der Waals surface area (Å²) in [4.78, 5) is 17.8. The number of hydrogen-bond donors (Lipinski definition) is 1. The lowest BCUT2D eigenvalue weighted by Gasteiger charge is -2.22. The smallest absolute Gasteiger partial charge is 0.234 e. The van der Waals surface area contributed by atoms with Gasteiger partial charge in [0.05, 0.1) is 25.2 Å². The predicted molar refractivity (Wildman–Crippen MR) is 82.3 cm³/mol. The molecule has 0 unspecified atom stereocenters. The van der Waals surface area contributed by atoms with Crippen LogP contribution in [0.2, 0.25) is 0 Å². The van der Waals surface area contributed by atoms with E-state index in [2.05, 4.69) is 10.3 Å². The van der Waals surface area contributed by atoms with Crippen molar-refractivity contribution in [2.24, 2.45) is 0 Å². The number of carbonyl (C=O) groups excluding carboxylic acids is 1. The van der Waals surface area contributed by atoms with Crippen molar-refractivity contribution in [3.8, 4) is 5.88 Å². The highest BCUT2D eigenvalue weighted by Gasteiger charge is 2.31. The Morgan fingerprint density at radius 2 is 2.27 bits per heavy atom. The third-order valence-corrected chi connectivity index (χ3v) is 5.47. The fourth-order valence-corrected chi connectivity index (χ4v) is 4.18. The first-order valence-corrected chi connectivity index (χ1v) is 8.88. The van der Waals surface area contributed by atoms with Crippen molar-refractivity contribution in [3.63, 3.8) is 0 Å². The summed E-state index contributed by atoms with van der Waals surface area (Å²) in [6.07, 6.45) is 2.24. The van der Waals surface area contributed by atoms with Crippen molar-refractivity contribution >= 4 is 15.7 Å². The van der Waals surface area contributed by atoms with Gasteiger partial charge in [-0.3, -0.25) is 9.69 Å². The molecule has 1 fully saturated rings. The summed E-state index contributed by atoms with van der Waals surface area (Å²) in [5.41, 5.74) is 0.875. The normalized spacial score (nSPS) is 20.0. The van der Waals surface area contributed by atoms with E-state index < -0.39 is 9.84 Å². The molecule has 1 saturated heterocycles. The van der Waals surface area contributed by atoms with Gasteiger partial charge in [0.2, 0.25) is 11.8 Å². The zero-order chi connectivity index (χ0) is 16.2. The minimum absolute atomic E-state index is 0.0709. The number of sulfone groups is 1. The van der Waals surface area contributed by atoms with E-state index in [0.29, 0.717) is 18.8 Å². The SMILES string of the molecule is COc1ccc(CNC(=O)CN(C)[C@@H]2CCS(=O)(=O)C2)cn1. The third-order valence-electron chi connectivity index (χ3n) is 3.72. The molecule has 2 heterocycles. The highest BCUT2D eigenvalue weighted by molar-refractivity contribution is 7.91. The number of ether oxygens (including phenoxy) is 1. The van der Waals surface area contributed by atoms with Gasteiger partial charge >= 0.3 is 0 Å². The van der Waals surface area contributed by atoms with Crippen LogP contribution in [0.4, 0.5) is 0 Å². The Bertz CT molecular complexity index is 615. The lowest BCUT2D eigenvalue weighted by atomic mass is 10.2. The van der Waals surface area contributed by atoms with Crippen molar-refractivity contribution in [1.29, 1.82) is 0 Å². The molecular weight excluding hydrogens is 306 g/mol. The van der Waals surface area contributed by atoms with Crippen LogP contribution in [-0.4, -0.2) is 62.5 Å². The average Bonchev–Trinajstić information content (AvgIpc) is 2.86. The minimum atomic E-state index is -2.93. The first-order valence-electron chi connectivity index (χ1n) is 7.06. The van der Waals surface area contributed by atoms with Gasteiger partial charge < -0.3 is 10.1 Å². The Kier molecular flexibility index (Phi) is 5.36. The van der Waals surface area contributed by atoms with Crippen LogP contribution in [0.1, 0.15) is 12.0 Å². The molecule has 0 saturated carbocycles. The Balaban J connectivity index is 1.77. The van der Waals surface area contributed by atoms with E-state index >= 15 is 0 Å². The number of methoxy groups -OCH3 is 1. The number of likely N-dealkylation sites (N-methyl/N-ethyl adjacent to an activating group) is 1. The highest BCUT2D eigenvalue weighted by Crippen LogP contribution is 2.16. The number of aromatic nitrogens is 1. The predicted octanol–water partition coefficient (Wildman–Crippen LogP) is -0.175. The van der Waals surface area contributed by atoms with Crippen LogP contribution in [0.3, 0.4) is 0 Å². The molecule has 7 nitrogen and oxygen atoms in total. The fourth-order valence-electron chi connectivity index (χ4n) is 2.37. The maximum Gasteiger partial charge on any atom is 0.234 e. The molecule has 22 heavy (non-hydrogen) atoms. The monoisotopic (exact) mass is 327 g/mol. The van der Waals surface area contributed by atoms with Crippen LogP contribution < -0.4 is 10.1 Å². The molecule has 1 aliphatic heterocycles. The maximum atomic E-state index is 11.9. The topological polar surface area (TPSA) is 88.6 Å². The van der Waals surface area contributed by atoms with Crippen molar-refractivity contribution in [1.82, 2.24) is 15.2 Å². The van der Waals surface area contributed by atoms with Gasteiger partial charge in [-0.15, -0.1) is 0 Å². The Labute approximate surface area is 130 Å². The summed E-state index contributed by atoms with van der Waals surface area (Å²) in [5, 5.41) is 2.80. The van der Waals surface area contributed by atoms with E-state index in [-0.39, 0.29) is 30.0 Å². The summed E-state index contributed by atoms with van der Waals surface area (Å²) >= 11 is 0. The van der Waals surface area contributed by atoms with Crippen LogP contribution in [0.15, 0.2) is 18.3 Å². The Hall–Kier alpha value is -1.67. The van der Waals surface area contributed by atoms with E-state index in [9.17, 15) is 13.2 Å². The molecule has 1 amide bonds. The highest BCUT2D eigenvalue weighted by atomic mass is 32.2. The second-order valence-electron chi connectivity index (χ2n) is 5.46. The molecule has 1 aromatic heterocycles. The van der Waals surface area contributed by atoms with Crippen molar-refractivity contribution in [3.05, 3.63) is 23.9 Å². The fraction of sp³-hybridized carbons (Fsp3) is 0.571. The number of pyridine rings is 1. The zero-order valence-electron chi connectivity index (χ0n) is 12.8. The second-order valence-corrected chi connectivity index (χ2v) is 7.69. The van der Waals surface area contributed by atoms with Gasteiger partial charge in [-0.1, -0.05) is 6.07 Å². The number of nitrogens with one attached hydrogen (secondary N) is 1. The van der Waals surface area contributed by atoms with E-state index in [1.165, 1.54) is 0 Å². The molecule has 1 aromatic rings. The van der Waals surface area contributed by atoms with Crippen LogP contribution in [0.25, 0.3) is 0 Å². The Morgan fingerprint density at radius 1 is 1.50 bits per heavy atom.